The first-order chi connectivity index (χ1) is 12.2. The Morgan fingerprint density at radius 1 is 0.920 bits per heavy atom. The molecular weight excluding hydrogens is 312 g/mol. The van der Waals surface area contributed by atoms with E-state index in [1.54, 1.807) is 19.3 Å². The minimum atomic E-state index is -0.353. The van der Waals surface area contributed by atoms with Gasteiger partial charge in [-0.25, -0.2) is 4.79 Å². The number of rotatable bonds is 3. The smallest absolute Gasteiger partial charge is 0.343 e. The van der Waals surface area contributed by atoms with Crippen LogP contribution in [0.15, 0.2) is 78.4 Å². The molecule has 122 valence electrons. The van der Waals surface area contributed by atoms with E-state index in [0.717, 1.165) is 27.6 Å². The van der Waals surface area contributed by atoms with Gasteiger partial charge in [0.1, 0.15) is 11.5 Å². The fourth-order valence-corrected chi connectivity index (χ4v) is 2.93. The Bertz CT molecular complexity index is 1030. The molecule has 25 heavy (non-hydrogen) atoms. The Morgan fingerprint density at radius 2 is 1.68 bits per heavy atom. The zero-order valence-electron chi connectivity index (χ0n) is 13.7. The predicted molar refractivity (Wildman–Crippen MR) is 99.0 cm³/mol. The number of carbonyl (C=O) groups excluding carboxylic acids is 1. The molecule has 0 saturated heterocycles. The maximum absolute atomic E-state index is 12.2. The molecule has 3 heteroatoms. The number of hydrogen-bond acceptors (Lipinski definition) is 3. The lowest BCUT2D eigenvalue weighted by atomic mass is 10.0. The van der Waals surface area contributed by atoms with Gasteiger partial charge in [0.05, 0.1) is 12.7 Å². The molecule has 0 N–H and O–H groups in total. The molecule has 0 atom stereocenters. The third-order valence-electron chi connectivity index (χ3n) is 4.21. The molecule has 0 unspecified atom stereocenters. The number of carbonyl (C=O) groups is 1. The van der Waals surface area contributed by atoms with Crippen molar-refractivity contribution in [1.82, 2.24) is 0 Å². The lowest BCUT2D eigenvalue weighted by Gasteiger charge is -2.04. The summed E-state index contributed by atoms with van der Waals surface area (Å²) in [5.41, 5.74) is 2.23. The third-order valence-corrected chi connectivity index (χ3v) is 4.21. The largest absolute Gasteiger partial charge is 0.496 e. The van der Waals surface area contributed by atoms with Crippen LogP contribution < -0.4 is 4.74 Å². The fourth-order valence-electron chi connectivity index (χ4n) is 2.93. The Kier molecular flexibility index (Phi) is 3.82. The first-order valence-corrected chi connectivity index (χ1v) is 8.02. The summed E-state index contributed by atoms with van der Waals surface area (Å²) in [4.78, 5) is 12.2. The van der Waals surface area contributed by atoms with Crippen LogP contribution in [0.5, 0.6) is 5.75 Å². The van der Waals surface area contributed by atoms with Gasteiger partial charge in [0, 0.05) is 11.1 Å². The van der Waals surface area contributed by atoms with E-state index in [-0.39, 0.29) is 5.97 Å². The third kappa shape index (κ3) is 2.92. The Hall–Kier alpha value is -3.33. The van der Waals surface area contributed by atoms with E-state index in [9.17, 15) is 4.79 Å². The lowest BCUT2D eigenvalue weighted by molar-refractivity contribution is -0.130. The summed E-state index contributed by atoms with van der Waals surface area (Å²) in [5, 5.41) is 2.26. The molecule has 3 aromatic carbocycles. The van der Waals surface area contributed by atoms with Crippen LogP contribution in [0.1, 0.15) is 11.1 Å². The van der Waals surface area contributed by atoms with E-state index in [0.29, 0.717) is 11.3 Å². The molecule has 3 nitrogen and oxygen atoms in total. The highest BCUT2D eigenvalue weighted by Crippen LogP contribution is 2.30. The van der Waals surface area contributed by atoms with Gasteiger partial charge in [0.15, 0.2) is 0 Å². The first-order valence-electron chi connectivity index (χ1n) is 8.02. The van der Waals surface area contributed by atoms with Crippen LogP contribution in [0, 0.1) is 0 Å². The van der Waals surface area contributed by atoms with Gasteiger partial charge in [-0.15, -0.1) is 0 Å². The normalized spacial score (nSPS) is 15.3. The van der Waals surface area contributed by atoms with Crippen molar-refractivity contribution < 1.29 is 14.3 Å². The molecule has 1 aliphatic rings. The number of fused-ring (bicyclic) bond motifs is 1. The van der Waals surface area contributed by atoms with Crippen LogP contribution in [-0.4, -0.2) is 13.1 Å². The molecule has 0 bridgehead atoms. The number of benzene rings is 3. The number of hydrogen-bond donors (Lipinski definition) is 0. The highest BCUT2D eigenvalue weighted by Gasteiger charge is 2.22. The van der Waals surface area contributed by atoms with Crippen molar-refractivity contribution in [2.24, 2.45) is 0 Å². The summed E-state index contributed by atoms with van der Waals surface area (Å²) in [6.45, 7) is 0. The van der Waals surface area contributed by atoms with Crippen molar-refractivity contribution in [3.8, 4) is 5.75 Å². The highest BCUT2D eigenvalue weighted by molar-refractivity contribution is 6.05. The van der Waals surface area contributed by atoms with Gasteiger partial charge >= 0.3 is 5.97 Å². The summed E-state index contributed by atoms with van der Waals surface area (Å²) in [5.74, 6) is 0.932. The van der Waals surface area contributed by atoms with Gasteiger partial charge in [0.25, 0.3) is 0 Å². The second kappa shape index (κ2) is 6.29. The van der Waals surface area contributed by atoms with E-state index in [4.69, 9.17) is 9.47 Å². The maximum Gasteiger partial charge on any atom is 0.343 e. The minimum Gasteiger partial charge on any atom is -0.496 e. The standard InChI is InChI=1S/C22H16O3/c1-24-20-9-5-4-8-17(20)13-19-14-21(25-22(19)23)18-11-10-15-6-2-3-7-16(15)12-18/h2-14H,1H3/b19-13-. The summed E-state index contributed by atoms with van der Waals surface area (Å²) < 4.78 is 10.8. The van der Waals surface area contributed by atoms with Crippen molar-refractivity contribution in [2.75, 3.05) is 7.11 Å². The van der Waals surface area contributed by atoms with E-state index < -0.39 is 0 Å². The molecule has 3 aromatic rings. The summed E-state index contributed by atoms with van der Waals surface area (Å²) >= 11 is 0. The molecule has 0 amide bonds. The second-order valence-corrected chi connectivity index (χ2v) is 5.80. The fraction of sp³-hybridized carbons (Fsp3) is 0.0455. The Morgan fingerprint density at radius 3 is 2.52 bits per heavy atom. The lowest BCUT2D eigenvalue weighted by Crippen LogP contribution is -1.97. The summed E-state index contributed by atoms with van der Waals surface area (Å²) in [7, 11) is 1.61. The molecule has 0 radical (unpaired) electrons. The highest BCUT2D eigenvalue weighted by atomic mass is 16.5. The van der Waals surface area contributed by atoms with Crippen LogP contribution in [0.4, 0.5) is 0 Å². The monoisotopic (exact) mass is 328 g/mol. The zero-order chi connectivity index (χ0) is 17.2. The van der Waals surface area contributed by atoms with Crippen LogP contribution in [0.25, 0.3) is 22.6 Å². The quantitative estimate of drug-likeness (QED) is 0.510. The van der Waals surface area contributed by atoms with E-state index in [1.165, 1.54) is 0 Å². The molecule has 4 rings (SSSR count). The summed E-state index contributed by atoms with van der Waals surface area (Å²) in [6, 6.07) is 21.7. The maximum atomic E-state index is 12.2. The molecule has 0 saturated carbocycles. The van der Waals surface area contributed by atoms with E-state index >= 15 is 0 Å². The van der Waals surface area contributed by atoms with Gasteiger partial charge in [-0.1, -0.05) is 54.6 Å². The molecule has 1 heterocycles. The van der Waals surface area contributed by atoms with E-state index in [1.807, 2.05) is 60.7 Å². The van der Waals surface area contributed by atoms with Crippen LogP contribution >= 0.6 is 0 Å². The van der Waals surface area contributed by atoms with Crippen LogP contribution in [-0.2, 0) is 9.53 Å². The number of methoxy groups -OCH3 is 1. The van der Waals surface area contributed by atoms with E-state index in [2.05, 4.69) is 6.07 Å². The number of para-hydroxylation sites is 1. The molecular formula is C22H16O3. The molecule has 0 fully saturated rings. The van der Waals surface area contributed by atoms with Crippen LogP contribution in [0.2, 0.25) is 0 Å². The molecule has 0 aliphatic carbocycles. The van der Waals surface area contributed by atoms with Crippen molar-refractivity contribution in [3.05, 3.63) is 89.5 Å². The second-order valence-electron chi connectivity index (χ2n) is 5.80. The van der Waals surface area contributed by atoms with Gasteiger partial charge < -0.3 is 9.47 Å². The first kappa shape index (κ1) is 15.2. The van der Waals surface area contributed by atoms with Crippen molar-refractivity contribution >= 4 is 28.6 Å². The average molecular weight is 328 g/mol. The average Bonchev–Trinajstić information content (AvgIpc) is 3.02. The Balaban J connectivity index is 1.73. The van der Waals surface area contributed by atoms with Gasteiger partial charge in [-0.05, 0) is 35.1 Å². The van der Waals surface area contributed by atoms with Gasteiger partial charge in [0.2, 0.25) is 0 Å². The predicted octanol–water partition coefficient (Wildman–Crippen LogP) is 4.83. The van der Waals surface area contributed by atoms with Crippen molar-refractivity contribution in [3.63, 3.8) is 0 Å². The number of ether oxygens (including phenoxy) is 2. The SMILES string of the molecule is COc1ccccc1/C=C1/C=C(c2ccc3ccccc3c2)OC1=O. The van der Waals surface area contributed by atoms with Crippen molar-refractivity contribution in [1.29, 1.82) is 0 Å². The molecule has 0 aromatic heterocycles. The molecule has 0 spiro atoms. The van der Waals surface area contributed by atoms with Crippen LogP contribution in [0.3, 0.4) is 0 Å². The summed E-state index contributed by atoms with van der Waals surface area (Å²) in [6.07, 6.45) is 3.56. The Labute approximate surface area is 145 Å². The van der Waals surface area contributed by atoms with Gasteiger partial charge in [-0.2, -0.15) is 0 Å². The number of esters is 1. The number of cyclic esters (lactones) is 1. The molecule has 1 aliphatic heterocycles. The zero-order valence-corrected chi connectivity index (χ0v) is 13.7. The van der Waals surface area contributed by atoms with Gasteiger partial charge in [-0.3, -0.25) is 0 Å². The minimum absolute atomic E-state index is 0.353. The topological polar surface area (TPSA) is 35.5 Å². The van der Waals surface area contributed by atoms with Crippen molar-refractivity contribution in [2.45, 2.75) is 0 Å².